The summed E-state index contributed by atoms with van der Waals surface area (Å²) in [5.74, 6) is -1.09. The van der Waals surface area contributed by atoms with Crippen molar-refractivity contribution >= 4 is 12.0 Å². The van der Waals surface area contributed by atoms with Gasteiger partial charge in [0.15, 0.2) is 0 Å². The van der Waals surface area contributed by atoms with E-state index >= 15 is 0 Å². The molecule has 0 aliphatic heterocycles. The van der Waals surface area contributed by atoms with E-state index in [4.69, 9.17) is 9.15 Å². The predicted molar refractivity (Wildman–Crippen MR) is 92.6 cm³/mol. The molecule has 0 spiro atoms. The van der Waals surface area contributed by atoms with E-state index in [2.05, 4.69) is 5.10 Å². The Morgan fingerprint density at radius 1 is 1.08 bits per heavy atom. The molecule has 0 saturated carbocycles. The Labute approximate surface area is 144 Å². The summed E-state index contributed by atoms with van der Waals surface area (Å²) in [6, 6.07) is 18.7. The zero-order valence-electron chi connectivity index (χ0n) is 13.4. The van der Waals surface area contributed by atoms with Crippen LogP contribution < -0.4 is 5.76 Å². The maximum Gasteiger partial charge on any atom is 0.437 e. The molecule has 1 heterocycles. The van der Waals surface area contributed by atoms with Crippen LogP contribution in [-0.4, -0.2) is 22.4 Å². The molecule has 6 nitrogen and oxygen atoms in total. The molecule has 0 aliphatic rings. The largest absolute Gasteiger partial charge is 0.460 e. The first-order chi connectivity index (χ1) is 12.2. The summed E-state index contributed by atoms with van der Waals surface area (Å²) in [5.41, 5.74) is 1.68. The maximum atomic E-state index is 11.8. The van der Waals surface area contributed by atoms with Crippen molar-refractivity contribution in [2.75, 3.05) is 6.61 Å². The van der Waals surface area contributed by atoms with E-state index < -0.39 is 11.7 Å². The van der Waals surface area contributed by atoms with E-state index in [0.717, 1.165) is 10.2 Å². The van der Waals surface area contributed by atoms with Crippen molar-refractivity contribution in [3.8, 4) is 11.5 Å². The van der Waals surface area contributed by atoms with Gasteiger partial charge >= 0.3 is 11.7 Å². The normalized spacial score (nSPS) is 10.9. The highest BCUT2D eigenvalue weighted by Crippen LogP contribution is 2.13. The molecule has 126 valence electrons. The molecular formula is C19H16N2O4. The summed E-state index contributed by atoms with van der Waals surface area (Å²) in [5, 5.41) is 4.01. The molecular weight excluding hydrogens is 320 g/mol. The van der Waals surface area contributed by atoms with E-state index in [0.29, 0.717) is 5.56 Å². The molecule has 0 fully saturated rings. The molecule has 0 aliphatic carbocycles. The zero-order chi connectivity index (χ0) is 17.5. The van der Waals surface area contributed by atoms with Crippen LogP contribution in [0.1, 0.15) is 5.56 Å². The second-order valence-electron chi connectivity index (χ2n) is 5.19. The molecule has 2 aromatic carbocycles. The lowest BCUT2D eigenvalue weighted by atomic mass is 10.2. The first-order valence-electron chi connectivity index (χ1n) is 7.73. The lowest BCUT2D eigenvalue weighted by Gasteiger charge is -2.00. The van der Waals surface area contributed by atoms with Gasteiger partial charge in [-0.05, 0) is 23.8 Å². The van der Waals surface area contributed by atoms with Gasteiger partial charge in [0.1, 0.15) is 13.2 Å². The van der Waals surface area contributed by atoms with Gasteiger partial charge in [-0.1, -0.05) is 54.6 Å². The smallest absolute Gasteiger partial charge is 0.437 e. The minimum absolute atomic E-state index is 0.117. The summed E-state index contributed by atoms with van der Waals surface area (Å²) in [6.07, 6.45) is 3.58. The van der Waals surface area contributed by atoms with Gasteiger partial charge < -0.3 is 9.15 Å². The maximum absolute atomic E-state index is 11.8. The van der Waals surface area contributed by atoms with Gasteiger partial charge in [0, 0.05) is 5.56 Å². The molecule has 0 saturated heterocycles. The third-order valence-corrected chi connectivity index (χ3v) is 3.36. The van der Waals surface area contributed by atoms with Crippen LogP contribution >= 0.6 is 0 Å². The SMILES string of the molecule is O=C(Cn1nc(-c2ccccc2)oc1=O)OC/C=C/c1ccccc1. The summed E-state index contributed by atoms with van der Waals surface area (Å²) in [4.78, 5) is 23.6. The molecule has 0 radical (unpaired) electrons. The zero-order valence-corrected chi connectivity index (χ0v) is 13.4. The van der Waals surface area contributed by atoms with E-state index in [9.17, 15) is 9.59 Å². The molecule has 3 aromatic rings. The molecule has 25 heavy (non-hydrogen) atoms. The van der Waals surface area contributed by atoms with Crippen LogP contribution in [0.2, 0.25) is 0 Å². The van der Waals surface area contributed by atoms with Gasteiger partial charge in [0.25, 0.3) is 0 Å². The molecule has 0 atom stereocenters. The fourth-order valence-corrected chi connectivity index (χ4v) is 2.16. The molecule has 0 N–H and O–H groups in total. The summed E-state index contributed by atoms with van der Waals surface area (Å²) in [7, 11) is 0. The van der Waals surface area contributed by atoms with Crippen LogP contribution in [0.15, 0.2) is 76.0 Å². The van der Waals surface area contributed by atoms with Crippen LogP contribution in [0.3, 0.4) is 0 Å². The number of ether oxygens (including phenoxy) is 1. The van der Waals surface area contributed by atoms with Gasteiger partial charge in [-0.15, -0.1) is 5.10 Å². The number of carbonyl (C=O) groups is 1. The highest BCUT2D eigenvalue weighted by atomic mass is 16.5. The van der Waals surface area contributed by atoms with Crippen LogP contribution in [0.25, 0.3) is 17.5 Å². The van der Waals surface area contributed by atoms with E-state index in [1.165, 1.54) is 0 Å². The van der Waals surface area contributed by atoms with Crippen LogP contribution in [0.4, 0.5) is 0 Å². The van der Waals surface area contributed by atoms with E-state index in [1.807, 2.05) is 54.6 Å². The standard InChI is InChI=1S/C19H16N2O4/c22-17(24-13-7-10-15-8-3-1-4-9-15)14-21-19(23)25-18(20-21)16-11-5-2-6-12-16/h1-12H,13-14H2/b10-7+. The third kappa shape index (κ3) is 4.54. The van der Waals surface area contributed by atoms with Crippen molar-refractivity contribution in [1.29, 1.82) is 0 Å². The summed E-state index contributed by atoms with van der Waals surface area (Å²) >= 11 is 0. The quantitative estimate of drug-likeness (QED) is 0.647. The molecule has 3 rings (SSSR count). The monoisotopic (exact) mass is 336 g/mol. The van der Waals surface area contributed by atoms with E-state index in [-0.39, 0.29) is 19.0 Å². The molecule has 0 amide bonds. The predicted octanol–water partition coefficient (Wildman–Crippen LogP) is 2.76. The summed E-state index contributed by atoms with van der Waals surface area (Å²) < 4.78 is 11.1. The van der Waals surface area contributed by atoms with Crippen molar-refractivity contribution < 1.29 is 13.9 Å². The highest BCUT2D eigenvalue weighted by Gasteiger charge is 2.13. The van der Waals surface area contributed by atoms with Gasteiger partial charge in [0.05, 0.1) is 0 Å². The van der Waals surface area contributed by atoms with Crippen molar-refractivity contribution in [1.82, 2.24) is 9.78 Å². The average molecular weight is 336 g/mol. The third-order valence-electron chi connectivity index (χ3n) is 3.36. The first-order valence-corrected chi connectivity index (χ1v) is 7.73. The average Bonchev–Trinajstić information content (AvgIpc) is 3.01. The highest BCUT2D eigenvalue weighted by molar-refractivity contribution is 5.69. The number of carbonyl (C=O) groups excluding carboxylic acids is 1. The number of rotatable bonds is 6. The number of hydrogen-bond acceptors (Lipinski definition) is 5. The number of nitrogens with zero attached hydrogens (tertiary/aromatic N) is 2. The lowest BCUT2D eigenvalue weighted by Crippen LogP contribution is -2.23. The Hall–Kier alpha value is -3.41. The molecule has 6 heteroatoms. The fraction of sp³-hybridized carbons (Fsp3) is 0.105. The molecule has 1 aromatic heterocycles. The van der Waals surface area contributed by atoms with Crippen molar-refractivity contribution in [3.05, 3.63) is 82.9 Å². The second-order valence-corrected chi connectivity index (χ2v) is 5.19. The van der Waals surface area contributed by atoms with Gasteiger partial charge in [-0.25, -0.2) is 4.79 Å². The summed E-state index contributed by atoms with van der Waals surface area (Å²) in [6.45, 7) is -0.180. The minimum atomic E-state index is -0.698. The second kappa shape index (κ2) is 7.92. The number of esters is 1. The lowest BCUT2D eigenvalue weighted by molar-refractivity contribution is -0.143. The Morgan fingerprint density at radius 3 is 2.48 bits per heavy atom. The fourth-order valence-electron chi connectivity index (χ4n) is 2.16. The minimum Gasteiger partial charge on any atom is -0.460 e. The van der Waals surface area contributed by atoms with E-state index in [1.54, 1.807) is 18.2 Å². The van der Waals surface area contributed by atoms with Crippen molar-refractivity contribution in [3.63, 3.8) is 0 Å². The van der Waals surface area contributed by atoms with Gasteiger partial charge in [0.2, 0.25) is 5.89 Å². The Balaban J connectivity index is 1.56. The Morgan fingerprint density at radius 2 is 1.76 bits per heavy atom. The van der Waals surface area contributed by atoms with Crippen molar-refractivity contribution in [2.24, 2.45) is 0 Å². The molecule has 0 unspecified atom stereocenters. The van der Waals surface area contributed by atoms with Crippen molar-refractivity contribution in [2.45, 2.75) is 6.54 Å². The number of hydrogen-bond donors (Lipinski definition) is 0. The topological polar surface area (TPSA) is 74.3 Å². The Bertz CT molecular complexity index is 911. The number of benzene rings is 2. The van der Waals surface area contributed by atoms with Gasteiger partial charge in [-0.3, -0.25) is 4.79 Å². The van der Waals surface area contributed by atoms with Crippen LogP contribution in [0.5, 0.6) is 0 Å². The van der Waals surface area contributed by atoms with Gasteiger partial charge in [-0.2, -0.15) is 4.68 Å². The first kappa shape index (κ1) is 16.4. The number of aromatic nitrogens is 2. The van der Waals surface area contributed by atoms with Crippen LogP contribution in [0, 0.1) is 0 Å². The molecule has 0 bridgehead atoms. The Kier molecular flexibility index (Phi) is 5.21. The van der Waals surface area contributed by atoms with Crippen LogP contribution in [-0.2, 0) is 16.1 Å².